The van der Waals surface area contributed by atoms with Crippen molar-refractivity contribution in [2.24, 2.45) is 23.7 Å². The molecule has 1 fully saturated rings. The van der Waals surface area contributed by atoms with Gasteiger partial charge in [0, 0.05) is 6.04 Å². The molecule has 106 valence electrons. The maximum atomic E-state index is 4.43. The highest BCUT2D eigenvalue weighted by atomic mass is 15.4. The highest BCUT2D eigenvalue weighted by Gasteiger charge is 2.49. The minimum absolute atomic E-state index is 0.442. The number of nitrogens with zero attached hydrogens (tertiary/aromatic N) is 3. The minimum Gasteiger partial charge on any atom is -0.247 e. The second-order valence-corrected chi connectivity index (χ2v) is 7.22. The average molecular weight is 261 g/mol. The summed E-state index contributed by atoms with van der Waals surface area (Å²) in [6.45, 7) is 9.13. The van der Waals surface area contributed by atoms with Crippen LogP contribution >= 0.6 is 0 Å². The second kappa shape index (κ2) is 4.92. The van der Waals surface area contributed by atoms with E-state index in [0.717, 1.165) is 30.1 Å². The molecule has 0 radical (unpaired) electrons. The van der Waals surface area contributed by atoms with Gasteiger partial charge in [0.2, 0.25) is 0 Å². The van der Waals surface area contributed by atoms with Gasteiger partial charge in [0.25, 0.3) is 0 Å². The standard InChI is InChI=1S/C16H27N3/c1-10(2)9-14-12-5-7-15-16(8-6-13(12)14)19(11(3)4)18-17-15/h10-14H,5-9H2,1-4H3/t12-,13+,14-/m0/s1. The Balaban J connectivity index is 1.72. The van der Waals surface area contributed by atoms with E-state index < -0.39 is 0 Å². The molecule has 0 N–H and O–H groups in total. The molecule has 3 atom stereocenters. The van der Waals surface area contributed by atoms with Crippen LogP contribution in [0.15, 0.2) is 0 Å². The van der Waals surface area contributed by atoms with E-state index in [1.807, 2.05) is 0 Å². The summed E-state index contributed by atoms with van der Waals surface area (Å²) >= 11 is 0. The van der Waals surface area contributed by atoms with E-state index in [1.165, 1.54) is 37.1 Å². The lowest BCUT2D eigenvalue weighted by atomic mass is 10.0. The van der Waals surface area contributed by atoms with E-state index in [9.17, 15) is 0 Å². The molecule has 0 saturated heterocycles. The Labute approximate surface area is 116 Å². The van der Waals surface area contributed by atoms with Crippen LogP contribution in [0.4, 0.5) is 0 Å². The van der Waals surface area contributed by atoms with E-state index in [-0.39, 0.29) is 0 Å². The van der Waals surface area contributed by atoms with Crippen molar-refractivity contribution in [3.05, 3.63) is 11.4 Å². The van der Waals surface area contributed by atoms with E-state index in [2.05, 4.69) is 42.7 Å². The fourth-order valence-corrected chi connectivity index (χ4v) is 4.10. The van der Waals surface area contributed by atoms with Crippen LogP contribution in [0, 0.1) is 23.7 Å². The van der Waals surface area contributed by atoms with Crippen LogP contribution < -0.4 is 0 Å². The van der Waals surface area contributed by atoms with Crippen LogP contribution in [0.25, 0.3) is 0 Å². The van der Waals surface area contributed by atoms with E-state index >= 15 is 0 Å². The molecule has 0 aliphatic heterocycles. The molecule has 2 aliphatic rings. The molecule has 19 heavy (non-hydrogen) atoms. The van der Waals surface area contributed by atoms with Gasteiger partial charge in [-0.1, -0.05) is 19.1 Å². The summed E-state index contributed by atoms with van der Waals surface area (Å²) in [6.07, 6.45) is 6.46. The summed E-state index contributed by atoms with van der Waals surface area (Å²) in [4.78, 5) is 0. The monoisotopic (exact) mass is 261 g/mol. The van der Waals surface area contributed by atoms with Crippen molar-refractivity contribution < 1.29 is 0 Å². The quantitative estimate of drug-likeness (QED) is 0.831. The van der Waals surface area contributed by atoms with Crippen LogP contribution in [-0.4, -0.2) is 15.0 Å². The normalized spacial score (nSPS) is 29.9. The lowest BCUT2D eigenvalue weighted by Crippen LogP contribution is -2.10. The summed E-state index contributed by atoms with van der Waals surface area (Å²) in [5, 5.41) is 8.79. The van der Waals surface area contributed by atoms with Crippen molar-refractivity contribution in [3.8, 4) is 0 Å². The van der Waals surface area contributed by atoms with Crippen LogP contribution in [0.1, 0.15) is 64.4 Å². The molecule has 3 heteroatoms. The van der Waals surface area contributed by atoms with Gasteiger partial charge in [-0.3, -0.25) is 0 Å². The van der Waals surface area contributed by atoms with Gasteiger partial charge in [-0.05, 0) is 69.6 Å². The number of hydrogen-bond donors (Lipinski definition) is 0. The Kier molecular flexibility index (Phi) is 3.40. The van der Waals surface area contributed by atoms with Gasteiger partial charge in [-0.2, -0.15) is 0 Å². The molecule has 0 bridgehead atoms. The smallest absolute Gasteiger partial charge is 0.0859 e. The molecule has 0 spiro atoms. The minimum atomic E-state index is 0.442. The predicted octanol–water partition coefficient (Wildman–Crippen LogP) is 3.65. The second-order valence-electron chi connectivity index (χ2n) is 7.22. The van der Waals surface area contributed by atoms with Crippen molar-refractivity contribution >= 4 is 0 Å². The molecular formula is C16H27N3. The zero-order valence-corrected chi connectivity index (χ0v) is 12.8. The van der Waals surface area contributed by atoms with Gasteiger partial charge in [-0.25, -0.2) is 4.68 Å². The maximum absolute atomic E-state index is 4.43. The van der Waals surface area contributed by atoms with E-state index in [1.54, 1.807) is 0 Å². The van der Waals surface area contributed by atoms with Crippen LogP contribution in [-0.2, 0) is 12.8 Å². The number of aryl methyl sites for hydroxylation is 1. The summed E-state index contributed by atoms with van der Waals surface area (Å²) in [7, 11) is 0. The molecule has 0 aromatic carbocycles. The number of fused-ring (bicyclic) bond motifs is 2. The summed E-state index contributed by atoms with van der Waals surface area (Å²) in [5.41, 5.74) is 2.70. The topological polar surface area (TPSA) is 30.7 Å². The van der Waals surface area contributed by atoms with Crippen molar-refractivity contribution in [2.75, 3.05) is 0 Å². The van der Waals surface area contributed by atoms with Gasteiger partial charge >= 0.3 is 0 Å². The zero-order valence-electron chi connectivity index (χ0n) is 12.8. The third-order valence-electron chi connectivity index (χ3n) is 5.04. The van der Waals surface area contributed by atoms with Crippen molar-refractivity contribution in [2.45, 2.75) is 65.8 Å². The fourth-order valence-electron chi connectivity index (χ4n) is 4.10. The van der Waals surface area contributed by atoms with E-state index in [4.69, 9.17) is 0 Å². The van der Waals surface area contributed by atoms with Gasteiger partial charge in [0.15, 0.2) is 0 Å². The van der Waals surface area contributed by atoms with Crippen LogP contribution in [0.5, 0.6) is 0 Å². The lowest BCUT2D eigenvalue weighted by molar-refractivity contribution is 0.475. The molecule has 0 unspecified atom stereocenters. The molecule has 3 rings (SSSR count). The maximum Gasteiger partial charge on any atom is 0.0859 e. The highest BCUT2D eigenvalue weighted by molar-refractivity contribution is 5.15. The molecule has 2 aliphatic carbocycles. The van der Waals surface area contributed by atoms with Crippen LogP contribution in [0.3, 0.4) is 0 Å². The Morgan fingerprint density at radius 3 is 2.42 bits per heavy atom. The van der Waals surface area contributed by atoms with Gasteiger partial charge in [0.1, 0.15) is 0 Å². The Morgan fingerprint density at radius 2 is 1.79 bits per heavy atom. The Morgan fingerprint density at radius 1 is 1.11 bits per heavy atom. The van der Waals surface area contributed by atoms with Crippen molar-refractivity contribution in [3.63, 3.8) is 0 Å². The molecule has 3 nitrogen and oxygen atoms in total. The summed E-state index contributed by atoms with van der Waals surface area (Å²) in [5.74, 6) is 3.83. The highest BCUT2D eigenvalue weighted by Crippen LogP contribution is 2.55. The summed E-state index contributed by atoms with van der Waals surface area (Å²) < 4.78 is 2.15. The fraction of sp³-hybridized carbons (Fsp3) is 0.875. The van der Waals surface area contributed by atoms with E-state index in [0.29, 0.717) is 6.04 Å². The molecule has 0 amide bonds. The zero-order chi connectivity index (χ0) is 13.6. The molecule has 1 aromatic rings. The predicted molar refractivity (Wildman–Crippen MR) is 77.0 cm³/mol. The molecule has 1 heterocycles. The SMILES string of the molecule is CC(C)C[C@@H]1[C@@H]2CCc3c(nnn3C(C)C)CC[C@@H]21. The van der Waals surface area contributed by atoms with Gasteiger partial charge in [-0.15, -0.1) is 5.10 Å². The van der Waals surface area contributed by atoms with Crippen molar-refractivity contribution in [1.82, 2.24) is 15.0 Å². The summed E-state index contributed by atoms with van der Waals surface area (Å²) in [6, 6.07) is 0.442. The lowest BCUT2D eigenvalue weighted by Gasteiger charge is -2.12. The Hall–Kier alpha value is -0.860. The largest absolute Gasteiger partial charge is 0.247 e. The first-order chi connectivity index (χ1) is 9.08. The first kappa shape index (κ1) is 13.1. The Bertz CT molecular complexity index is 447. The van der Waals surface area contributed by atoms with Gasteiger partial charge in [0.05, 0.1) is 11.4 Å². The van der Waals surface area contributed by atoms with Crippen LogP contribution in [0.2, 0.25) is 0 Å². The molecular weight excluding hydrogens is 234 g/mol. The molecule has 1 aromatic heterocycles. The number of rotatable bonds is 3. The van der Waals surface area contributed by atoms with Crippen molar-refractivity contribution in [1.29, 1.82) is 0 Å². The molecule has 1 saturated carbocycles. The third kappa shape index (κ3) is 2.44. The third-order valence-corrected chi connectivity index (χ3v) is 5.04. The first-order valence-electron chi connectivity index (χ1n) is 8.00. The number of aromatic nitrogens is 3. The average Bonchev–Trinajstić information content (AvgIpc) is 2.78. The number of hydrogen-bond acceptors (Lipinski definition) is 2. The first-order valence-corrected chi connectivity index (χ1v) is 8.00. The van der Waals surface area contributed by atoms with Gasteiger partial charge < -0.3 is 0 Å².